The van der Waals surface area contributed by atoms with Crippen LogP contribution in [-0.4, -0.2) is 46.1 Å². The molecule has 7 heteroatoms. The van der Waals surface area contributed by atoms with E-state index in [1.54, 1.807) is 13.0 Å². The van der Waals surface area contributed by atoms with Crippen LogP contribution in [0, 0.1) is 24.1 Å². The lowest BCUT2D eigenvalue weighted by atomic mass is 10.1. The maximum Gasteiger partial charge on any atom is 0.223 e. The van der Waals surface area contributed by atoms with Crippen LogP contribution >= 0.6 is 0 Å². The minimum absolute atomic E-state index is 0.252. The molecule has 6 nitrogen and oxygen atoms in total. The van der Waals surface area contributed by atoms with Crippen molar-refractivity contribution in [1.82, 2.24) is 19.9 Å². The number of nitrogens with zero attached hydrogens (tertiary/aromatic N) is 5. The van der Waals surface area contributed by atoms with Crippen molar-refractivity contribution in [2.45, 2.75) is 26.4 Å². The van der Waals surface area contributed by atoms with Gasteiger partial charge in [-0.15, -0.1) is 0 Å². The fourth-order valence-corrected chi connectivity index (χ4v) is 2.95. The van der Waals surface area contributed by atoms with Crippen LogP contribution in [0.4, 0.5) is 4.39 Å². The Labute approximate surface area is 140 Å². The molecule has 1 aliphatic heterocycles. The number of halogens is 1. The van der Waals surface area contributed by atoms with Gasteiger partial charge in [0.05, 0.1) is 18.2 Å². The molecule has 24 heavy (non-hydrogen) atoms. The van der Waals surface area contributed by atoms with Crippen molar-refractivity contribution >= 4 is 0 Å². The van der Waals surface area contributed by atoms with Gasteiger partial charge in [0.25, 0.3) is 0 Å². The van der Waals surface area contributed by atoms with Crippen LogP contribution in [-0.2, 0) is 13.1 Å². The number of benzene rings is 1. The van der Waals surface area contributed by atoms with E-state index in [-0.39, 0.29) is 5.82 Å². The molecule has 0 amide bonds. The molecule has 0 unspecified atom stereocenters. The quantitative estimate of drug-likeness (QED) is 0.855. The van der Waals surface area contributed by atoms with Crippen molar-refractivity contribution in [2.75, 3.05) is 26.2 Å². The first kappa shape index (κ1) is 16.6. The van der Waals surface area contributed by atoms with Gasteiger partial charge in [-0.05, 0) is 37.7 Å². The van der Waals surface area contributed by atoms with Crippen molar-refractivity contribution in [1.29, 1.82) is 5.26 Å². The third kappa shape index (κ3) is 4.16. The maximum atomic E-state index is 14.0. The minimum Gasteiger partial charge on any atom is -0.340 e. The highest BCUT2D eigenvalue weighted by molar-refractivity contribution is 5.33. The first-order valence-electron chi connectivity index (χ1n) is 8.06. The topological polar surface area (TPSA) is 69.2 Å². The van der Waals surface area contributed by atoms with E-state index < -0.39 is 0 Å². The van der Waals surface area contributed by atoms with Crippen LogP contribution in [0.15, 0.2) is 22.7 Å². The predicted octanol–water partition coefficient (Wildman–Crippen LogP) is 2.10. The molecule has 0 spiro atoms. The summed E-state index contributed by atoms with van der Waals surface area (Å²) in [5, 5.41) is 12.9. The Kier molecular flexibility index (Phi) is 5.18. The highest BCUT2D eigenvalue weighted by atomic mass is 19.1. The van der Waals surface area contributed by atoms with Gasteiger partial charge in [0.2, 0.25) is 5.89 Å². The summed E-state index contributed by atoms with van der Waals surface area (Å²) in [5.74, 6) is 1.03. The Morgan fingerprint density at radius 2 is 1.96 bits per heavy atom. The van der Waals surface area contributed by atoms with Crippen molar-refractivity contribution in [3.63, 3.8) is 0 Å². The van der Waals surface area contributed by atoms with E-state index in [4.69, 9.17) is 9.78 Å². The summed E-state index contributed by atoms with van der Waals surface area (Å²) >= 11 is 0. The predicted molar refractivity (Wildman–Crippen MR) is 85.3 cm³/mol. The largest absolute Gasteiger partial charge is 0.340 e. The average Bonchev–Trinajstić information content (AvgIpc) is 2.85. The normalized spacial score (nSPS) is 16.7. The van der Waals surface area contributed by atoms with Gasteiger partial charge in [-0.1, -0.05) is 5.16 Å². The Morgan fingerprint density at radius 1 is 1.21 bits per heavy atom. The second-order valence-electron chi connectivity index (χ2n) is 6.05. The van der Waals surface area contributed by atoms with Gasteiger partial charge < -0.3 is 4.52 Å². The Balaban J connectivity index is 1.58. The first-order chi connectivity index (χ1) is 11.6. The van der Waals surface area contributed by atoms with E-state index in [0.29, 0.717) is 35.9 Å². The lowest BCUT2D eigenvalue weighted by molar-refractivity contribution is 0.239. The molecule has 2 heterocycles. The van der Waals surface area contributed by atoms with Crippen LogP contribution in [0.3, 0.4) is 0 Å². The van der Waals surface area contributed by atoms with Crippen molar-refractivity contribution < 1.29 is 8.91 Å². The van der Waals surface area contributed by atoms with Gasteiger partial charge in [-0.25, -0.2) is 4.39 Å². The molecule has 0 aliphatic carbocycles. The summed E-state index contributed by atoms with van der Waals surface area (Å²) in [6.07, 6.45) is 0.996. The molecule has 0 radical (unpaired) electrons. The molecule has 0 bridgehead atoms. The van der Waals surface area contributed by atoms with Crippen molar-refractivity contribution in [3.05, 3.63) is 46.9 Å². The zero-order chi connectivity index (χ0) is 16.9. The second kappa shape index (κ2) is 7.51. The number of nitriles is 1. The molecule has 1 saturated heterocycles. The molecule has 1 fully saturated rings. The Bertz CT molecular complexity index is 739. The number of hydrogen-bond donors (Lipinski definition) is 0. The summed E-state index contributed by atoms with van der Waals surface area (Å²) in [4.78, 5) is 8.75. The molecular weight excluding hydrogens is 309 g/mol. The van der Waals surface area contributed by atoms with Crippen molar-refractivity contribution in [2.24, 2.45) is 0 Å². The molecule has 1 aromatic carbocycles. The molecule has 3 rings (SSSR count). The van der Waals surface area contributed by atoms with Gasteiger partial charge in [0, 0.05) is 32.1 Å². The SMILES string of the molecule is Cc1nc(CN2CCCN(Cc3cc(C#N)ccc3F)CC2)no1. The van der Waals surface area contributed by atoms with Crippen LogP contribution in [0.2, 0.25) is 0 Å². The zero-order valence-corrected chi connectivity index (χ0v) is 13.7. The van der Waals surface area contributed by atoms with Crippen LogP contribution in [0.5, 0.6) is 0 Å². The minimum atomic E-state index is -0.252. The monoisotopic (exact) mass is 329 g/mol. The average molecular weight is 329 g/mol. The number of aromatic nitrogens is 2. The summed E-state index contributed by atoms with van der Waals surface area (Å²) in [6, 6.07) is 6.58. The number of aryl methyl sites for hydroxylation is 1. The van der Waals surface area contributed by atoms with E-state index in [1.807, 2.05) is 0 Å². The summed E-state index contributed by atoms with van der Waals surface area (Å²) in [5.41, 5.74) is 1.08. The first-order valence-corrected chi connectivity index (χ1v) is 8.06. The highest BCUT2D eigenvalue weighted by Crippen LogP contribution is 2.15. The molecule has 0 saturated carbocycles. The molecule has 126 valence electrons. The third-order valence-corrected chi connectivity index (χ3v) is 4.18. The molecule has 0 N–H and O–H groups in total. The summed E-state index contributed by atoms with van der Waals surface area (Å²) < 4.78 is 19.0. The lowest BCUT2D eigenvalue weighted by Gasteiger charge is -2.21. The standard InChI is InChI=1S/C17H20FN5O/c1-13-20-17(21-24-13)12-23-6-2-5-22(7-8-23)11-15-9-14(10-19)3-4-16(15)18/h3-4,9H,2,5-8,11-12H2,1H3. The lowest BCUT2D eigenvalue weighted by Crippen LogP contribution is -2.30. The van der Waals surface area contributed by atoms with Crippen LogP contribution in [0.25, 0.3) is 0 Å². The van der Waals surface area contributed by atoms with Gasteiger partial charge in [0.15, 0.2) is 5.82 Å². The second-order valence-corrected chi connectivity index (χ2v) is 6.05. The van der Waals surface area contributed by atoms with E-state index in [0.717, 1.165) is 32.6 Å². The van der Waals surface area contributed by atoms with Gasteiger partial charge in [0.1, 0.15) is 5.82 Å². The van der Waals surface area contributed by atoms with Gasteiger partial charge in [-0.2, -0.15) is 10.2 Å². The van der Waals surface area contributed by atoms with Crippen LogP contribution in [0.1, 0.15) is 29.3 Å². The van der Waals surface area contributed by atoms with E-state index in [2.05, 4.69) is 26.0 Å². The Morgan fingerprint density at radius 3 is 2.62 bits per heavy atom. The molecule has 2 aromatic rings. The molecular formula is C17H20FN5O. The fourth-order valence-electron chi connectivity index (χ4n) is 2.95. The third-order valence-electron chi connectivity index (χ3n) is 4.18. The van der Waals surface area contributed by atoms with Gasteiger partial charge in [-0.3, -0.25) is 9.80 Å². The van der Waals surface area contributed by atoms with E-state index >= 15 is 0 Å². The van der Waals surface area contributed by atoms with Crippen LogP contribution < -0.4 is 0 Å². The van der Waals surface area contributed by atoms with E-state index in [1.165, 1.54) is 12.1 Å². The summed E-state index contributed by atoms with van der Waals surface area (Å²) in [6.45, 7) is 6.54. The highest BCUT2D eigenvalue weighted by Gasteiger charge is 2.18. The zero-order valence-electron chi connectivity index (χ0n) is 13.7. The number of rotatable bonds is 4. The molecule has 0 atom stereocenters. The maximum absolute atomic E-state index is 14.0. The molecule has 1 aromatic heterocycles. The number of hydrogen-bond acceptors (Lipinski definition) is 6. The van der Waals surface area contributed by atoms with E-state index in [9.17, 15) is 4.39 Å². The fraction of sp³-hybridized carbons (Fsp3) is 0.471. The van der Waals surface area contributed by atoms with Crippen molar-refractivity contribution in [3.8, 4) is 6.07 Å². The summed E-state index contributed by atoms with van der Waals surface area (Å²) in [7, 11) is 0. The molecule has 1 aliphatic rings. The van der Waals surface area contributed by atoms with Gasteiger partial charge >= 0.3 is 0 Å². The Hall–Kier alpha value is -2.30. The smallest absolute Gasteiger partial charge is 0.223 e.